The summed E-state index contributed by atoms with van der Waals surface area (Å²) in [5.41, 5.74) is 10.2. The van der Waals surface area contributed by atoms with Gasteiger partial charge in [-0.25, -0.2) is 0 Å². The smallest absolute Gasteiger partial charge is 0.205 e. The number of halogens is 2. The summed E-state index contributed by atoms with van der Waals surface area (Å²) in [6, 6.07) is 17.4. The zero-order valence-electron chi connectivity index (χ0n) is 15.8. The van der Waals surface area contributed by atoms with Crippen molar-refractivity contribution in [2.45, 2.75) is 5.92 Å². The molecule has 29 heavy (non-hydrogen) atoms. The maximum atomic E-state index is 9.80. The van der Waals surface area contributed by atoms with Crippen molar-refractivity contribution >= 4 is 29.3 Å². The van der Waals surface area contributed by atoms with Crippen LogP contribution < -0.4 is 5.73 Å². The van der Waals surface area contributed by atoms with Gasteiger partial charge in [-0.15, -0.1) is 0 Å². The quantitative estimate of drug-likeness (QED) is 0.730. The summed E-state index contributed by atoms with van der Waals surface area (Å²) in [7, 11) is 2.03. The average molecular weight is 424 g/mol. The Morgan fingerprint density at radius 2 is 1.79 bits per heavy atom. The predicted molar refractivity (Wildman–Crippen MR) is 116 cm³/mol. The lowest BCUT2D eigenvalue weighted by Gasteiger charge is -2.37. The van der Waals surface area contributed by atoms with Crippen LogP contribution in [0.25, 0.3) is 6.08 Å². The summed E-state index contributed by atoms with van der Waals surface area (Å²) < 4.78 is 5.99. The fraction of sp³-hybridized carbons (Fsp3) is 0.174. The van der Waals surface area contributed by atoms with Crippen molar-refractivity contribution in [1.29, 1.82) is 5.26 Å². The van der Waals surface area contributed by atoms with Gasteiger partial charge in [0.15, 0.2) is 0 Å². The van der Waals surface area contributed by atoms with Gasteiger partial charge in [0, 0.05) is 28.7 Å². The molecular formula is C23H19Cl2N3O. The SMILES string of the molecule is CN1CC2=C(OC(N)=C(C#N)C2c2ccccc2Cl)/C(=C/c2ccccc2Cl)C1. The Morgan fingerprint density at radius 1 is 1.10 bits per heavy atom. The van der Waals surface area contributed by atoms with E-state index < -0.39 is 0 Å². The molecule has 0 amide bonds. The zero-order valence-corrected chi connectivity index (χ0v) is 17.3. The van der Waals surface area contributed by atoms with E-state index >= 15 is 0 Å². The number of nitrogens with zero attached hydrogens (tertiary/aromatic N) is 2. The number of nitriles is 1. The van der Waals surface area contributed by atoms with E-state index in [-0.39, 0.29) is 11.8 Å². The molecule has 2 aliphatic rings. The third kappa shape index (κ3) is 3.65. The van der Waals surface area contributed by atoms with Gasteiger partial charge in [0.2, 0.25) is 5.88 Å². The van der Waals surface area contributed by atoms with Crippen LogP contribution in [-0.4, -0.2) is 25.0 Å². The minimum absolute atomic E-state index is 0.116. The molecule has 0 spiro atoms. The minimum atomic E-state index is -0.352. The van der Waals surface area contributed by atoms with Gasteiger partial charge in [-0.05, 0) is 42.0 Å². The number of rotatable bonds is 2. The van der Waals surface area contributed by atoms with Crippen molar-refractivity contribution in [2.24, 2.45) is 5.73 Å². The molecule has 2 aromatic rings. The summed E-state index contributed by atoms with van der Waals surface area (Å²) in [6.07, 6.45) is 2.02. The summed E-state index contributed by atoms with van der Waals surface area (Å²) in [6.45, 7) is 1.32. The van der Waals surface area contributed by atoms with Gasteiger partial charge in [0.1, 0.15) is 17.4 Å². The van der Waals surface area contributed by atoms with E-state index in [1.54, 1.807) is 0 Å². The van der Waals surface area contributed by atoms with Gasteiger partial charge in [0.25, 0.3) is 0 Å². The highest BCUT2D eigenvalue weighted by molar-refractivity contribution is 6.32. The molecule has 2 aliphatic heterocycles. The minimum Gasteiger partial charge on any atom is -0.440 e. The molecule has 0 radical (unpaired) electrons. The predicted octanol–water partition coefficient (Wildman–Crippen LogP) is 5.08. The lowest BCUT2D eigenvalue weighted by atomic mass is 9.80. The zero-order chi connectivity index (χ0) is 20.5. The number of hydrogen-bond donors (Lipinski definition) is 1. The fourth-order valence-corrected chi connectivity index (χ4v) is 4.32. The fourth-order valence-electron chi connectivity index (χ4n) is 3.89. The van der Waals surface area contributed by atoms with E-state index in [2.05, 4.69) is 11.0 Å². The number of benzene rings is 2. The van der Waals surface area contributed by atoms with Gasteiger partial charge in [-0.3, -0.25) is 4.90 Å². The Labute approximate surface area is 180 Å². The lowest BCUT2D eigenvalue weighted by molar-refractivity contribution is 0.251. The van der Waals surface area contributed by atoms with E-state index in [4.69, 9.17) is 33.7 Å². The lowest BCUT2D eigenvalue weighted by Crippen LogP contribution is -2.36. The van der Waals surface area contributed by atoms with E-state index in [1.807, 2.05) is 61.7 Å². The van der Waals surface area contributed by atoms with Crippen LogP contribution in [0.2, 0.25) is 10.0 Å². The molecule has 2 aromatic carbocycles. The summed E-state index contributed by atoms with van der Waals surface area (Å²) in [4.78, 5) is 2.17. The van der Waals surface area contributed by atoms with Gasteiger partial charge >= 0.3 is 0 Å². The molecule has 4 nitrogen and oxygen atoms in total. The maximum absolute atomic E-state index is 9.80. The second-order valence-electron chi connectivity index (χ2n) is 7.16. The first-order valence-corrected chi connectivity index (χ1v) is 9.94. The Balaban J connectivity index is 1.91. The van der Waals surface area contributed by atoms with Crippen molar-refractivity contribution < 1.29 is 4.74 Å². The van der Waals surface area contributed by atoms with Crippen LogP contribution >= 0.6 is 23.2 Å². The molecule has 146 valence electrons. The van der Waals surface area contributed by atoms with Crippen LogP contribution in [0.4, 0.5) is 0 Å². The van der Waals surface area contributed by atoms with E-state index in [0.717, 1.165) is 22.3 Å². The summed E-state index contributed by atoms with van der Waals surface area (Å²) in [5, 5.41) is 11.1. The number of hydrogen-bond acceptors (Lipinski definition) is 4. The highest BCUT2D eigenvalue weighted by Crippen LogP contribution is 2.45. The molecule has 0 fully saturated rings. The van der Waals surface area contributed by atoms with Gasteiger partial charge < -0.3 is 10.5 Å². The molecule has 0 saturated heterocycles. The van der Waals surface area contributed by atoms with Crippen LogP contribution in [0, 0.1) is 11.3 Å². The Bertz CT molecular complexity index is 1110. The van der Waals surface area contributed by atoms with Crippen LogP contribution in [0.5, 0.6) is 0 Å². The average Bonchev–Trinajstić information content (AvgIpc) is 2.70. The molecule has 2 heterocycles. The van der Waals surface area contributed by atoms with Gasteiger partial charge in [0.05, 0.1) is 5.92 Å². The molecule has 0 bridgehead atoms. The topological polar surface area (TPSA) is 62.3 Å². The Hall–Kier alpha value is -2.71. The molecule has 2 N–H and O–H groups in total. The van der Waals surface area contributed by atoms with E-state index in [9.17, 15) is 5.26 Å². The van der Waals surface area contributed by atoms with E-state index in [0.29, 0.717) is 34.5 Å². The van der Waals surface area contributed by atoms with Crippen molar-refractivity contribution in [3.8, 4) is 6.07 Å². The number of ether oxygens (including phenoxy) is 1. The van der Waals surface area contributed by atoms with Gasteiger partial charge in [-0.1, -0.05) is 59.6 Å². The molecule has 0 aromatic heterocycles. The van der Waals surface area contributed by atoms with Crippen molar-refractivity contribution in [2.75, 3.05) is 20.1 Å². The first-order valence-electron chi connectivity index (χ1n) is 9.18. The Morgan fingerprint density at radius 3 is 2.48 bits per heavy atom. The van der Waals surface area contributed by atoms with E-state index in [1.165, 1.54) is 0 Å². The van der Waals surface area contributed by atoms with Crippen molar-refractivity contribution in [3.63, 3.8) is 0 Å². The normalized spacial score (nSPS) is 21.0. The number of allylic oxidation sites excluding steroid dienone is 1. The van der Waals surface area contributed by atoms with Crippen LogP contribution in [-0.2, 0) is 4.74 Å². The molecule has 0 aliphatic carbocycles. The van der Waals surface area contributed by atoms with Crippen LogP contribution in [0.15, 0.2) is 76.9 Å². The maximum Gasteiger partial charge on any atom is 0.205 e. The third-order valence-electron chi connectivity index (χ3n) is 5.15. The highest BCUT2D eigenvalue weighted by atomic mass is 35.5. The van der Waals surface area contributed by atoms with Crippen LogP contribution in [0.3, 0.4) is 0 Å². The monoisotopic (exact) mass is 423 g/mol. The first-order chi connectivity index (χ1) is 14.0. The summed E-state index contributed by atoms with van der Waals surface area (Å²) in [5.74, 6) is 0.463. The molecule has 0 saturated carbocycles. The van der Waals surface area contributed by atoms with Crippen LogP contribution in [0.1, 0.15) is 17.0 Å². The molecular weight excluding hydrogens is 405 g/mol. The number of likely N-dealkylation sites (N-methyl/N-ethyl adjacent to an activating group) is 1. The Kier molecular flexibility index (Phi) is 5.38. The highest BCUT2D eigenvalue weighted by Gasteiger charge is 2.37. The second kappa shape index (κ2) is 7.96. The second-order valence-corrected chi connectivity index (χ2v) is 7.98. The standard InChI is InChI=1S/C23H19Cl2N3O/c1-28-12-15(10-14-6-2-4-8-19(14)24)22-18(13-28)21(17(11-26)23(27)29-22)16-7-3-5-9-20(16)25/h2-10,21H,12-13,27H2,1H3/b15-10+. The van der Waals surface area contributed by atoms with Crippen molar-refractivity contribution in [1.82, 2.24) is 4.90 Å². The first kappa shape index (κ1) is 19.6. The molecule has 4 rings (SSSR count). The largest absolute Gasteiger partial charge is 0.440 e. The number of nitrogens with two attached hydrogens (primary N) is 1. The van der Waals surface area contributed by atoms with Crippen molar-refractivity contribution in [3.05, 3.63) is 98.1 Å². The molecule has 1 unspecified atom stereocenters. The molecule has 1 atom stereocenters. The third-order valence-corrected chi connectivity index (χ3v) is 5.84. The van der Waals surface area contributed by atoms with Gasteiger partial charge in [-0.2, -0.15) is 5.26 Å². The summed E-state index contributed by atoms with van der Waals surface area (Å²) >= 11 is 12.9. The molecule has 6 heteroatoms.